The van der Waals surface area contributed by atoms with E-state index in [0.717, 1.165) is 12.8 Å². The molecule has 17 heavy (non-hydrogen) atoms. The van der Waals surface area contributed by atoms with Gasteiger partial charge < -0.3 is 9.47 Å². The van der Waals surface area contributed by atoms with E-state index in [1.807, 2.05) is 34.6 Å². The number of hydrogen-bond acceptors (Lipinski definition) is 4. The molecule has 0 aromatic heterocycles. The second-order valence-corrected chi connectivity index (χ2v) is 5.18. The minimum atomic E-state index is -0.805. The molecule has 0 saturated heterocycles. The monoisotopic (exact) mass is 244 g/mol. The molecule has 100 valence electrons. The highest BCUT2D eigenvalue weighted by molar-refractivity contribution is 5.71. The second-order valence-electron chi connectivity index (χ2n) is 5.18. The van der Waals surface area contributed by atoms with Crippen molar-refractivity contribution in [2.75, 3.05) is 0 Å². The summed E-state index contributed by atoms with van der Waals surface area (Å²) in [6.07, 6.45) is 1.33. The smallest absolute Gasteiger partial charge is 0.308 e. The molecule has 0 bridgehead atoms. The van der Waals surface area contributed by atoms with E-state index in [-0.39, 0.29) is 11.9 Å². The van der Waals surface area contributed by atoms with Crippen LogP contribution in [0.2, 0.25) is 0 Å². The summed E-state index contributed by atoms with van der Waals surface area (Å²) in [6.45, 7) is 9.41. The van der Waals surface area contributed by atoms with Gasteiger partial charge in [0.2, 0.25) is 0 Å². The summed E-state index contributed by atoms with van der Waals surface area (Å²) in [5.74, 6) is -0.645. The van der Waals surface area contributed by atoms with E-state index in [4.69, 9.17) is 9.47 Å². The average Bonchev–Trinajstić information content (AvgIpc) is 2.16. The second kappa shape index (κ2) is 7.30. The van der Waals surface area contributed by atoms with Crippen LogP contribution in [-0.4, -0.2) is 18.2 Å². The quantitative estimate of drug-likeness (QED) is 0.532. The van der Waals surface area contributed by atoms with Crippen molar-refractivity contribution in [3.8, 4) is 0 Å². The van der Waals surface area contributed by atoms with Crippen molar-refractivity contribution in [1.82, 2.24) is 0 Å². The number of carbonyl (C=O) groups excluding carboxylic acids is 2. The van der Waals surface area contributed by atoms with Gasteiger partial charge in [0, 0.05) is 18.3 Å². The number of carbonyl (C=O) groups is 2. The van der Waals surface area contributed by atoms with Gasteiger partial charge in [-0.05, 0) is 12.8 Å². The van der Waals surface area contributed by atoms with E-state index in [9.17, 15) is 9.59 Å². The Hall–Kier alpha value is -1.06. The lowest BCUT2D eigenvalue weighted by Crippen LogP contribution is -2.36. The molecule has 0 spiro atoms. The molecular weight excluding hydrogens is 220 g/mol. The van der Waals surface area contributed by atoms with E-state index in [2.05, 4.69) is 0 Å². The van der Waals surface area contributed by atoms with Crippen LogP contribution in [0.5, 0.6) is 0 Å². The molecule has 0 aromatic rings. The first kappa shape index (κ1) is 15.9. The molecule has 0 fully saturated rings. The first-order chi connectivity index (χ1) is 7.81. The highest BCUT2D eigenvalue weighted by Crippen LogP contribution is 2.24. The van der Waals surface area contributed by atoms with Gasteiger partial charge in [-0.1, -0.05) is 34.6 Å². The van der Waals surface area contributed by atoms with E-state index >= 15 is 0 Å². The summed E-state index contributed by atoms with van der Waals surface area (Å²) in [6, 6.07) is 0. The average molecular weight is 244 g/mol. The number of ether oxygens (including phenoxy) is 2. The molecule has 0 atom stereocenters. The van der Waals surface area contributed by atoms with Crippen LogP contribution in [0.1, 0.15) is 60.3 Å². The van der Waals surface area contributed by atoms with Crippen LogP contribution in [0.25, 0.3) is 0 Å². The summed E-state index contributed by atoms with van der Waals surface area (Å²) < 4.78 is 10.4. The van der Waals surface area contributed by atoms with Gasteiger partial charge >= 0.3 is 11.9 Å². The highest BCUT2D eigenvalue weighted by Gasteiger charge is 2.31. The number of esters is 2. The van der Waals surface area contributed by atoms with Crippen LogP contribution in [0.15, 0.2) is 0 Å². The molecule has 0 aromatic carbocycles. The van der Waals surface area contributed by atoms with E-state index in [1.165, 1.54) is 0 Å². The molecular formula is C13H24O4. The third kappa shape index (κ3) is 6.97. The van der Waals surface area contributed by atoms with Gasteiger partial charge in [0.15, 0.2) is 0 Å². The van der Waals surface area contributed by atoms with E-state index in [0.29, 0.717) is 12.8 Å². The van der Waals surface area contributed by atoms with Crippen LogP contribution in [0, 0.1) is 5.41 Å². The van der Waals surface area contributed by atoms with Gasteiger partial charge in [-0.25, -0.2) is 0 Å². The Labute approximate surface area is 104 Å². The van der Waals surface area contributed by atoms with Gasteiger partial charge in [-0.15, -0.1) is 0 Å². The fourth-order valence-corrected chi connectivity index (χ4v) is 1.14. The van der Waals surface area contributed by atoms with Gasteiger partial charge in [0.25, 0.3) is 6.29 Å². The van der Waals surface area contributed by atoms with E-state index in [1.54, 1.807) is 0 Å². The summed E-state index contributed by atoms with van der Waals surface area (Å²) in [4.78, 5) is 22.9. The normalized spacial score (nSPS) is 11.4. The number of rotatable bonds is 6. The zero-order chi connectivity index (χ0) is 13.5. The van der Waals surface area contributed by atoms with Crippen molar-refractivity contribution in [1.29, 1.82) is 0 Å². The molecule has 0 N–H and O–H groups in total. The summed E-state index contributed by atoms with van der Waals surface area (Å²) >= 11 is 0. The Morgan fingerprint density at radius 1 is 0.941 bits per heavy atom. The fourth-order valence-electron chi connectivity index (χ4n) is 1.14. The minimum absolute atomic E-state index is 0.322. The topological polar surface area (TPSA) is 52.6 Å². The Balaban J connectivity index is 4.45. The maximum atomic E-state index is 11.4. The maximum Gasteiger partial charge on any atom is 0.308 e. The van der Waals surface area contributed by atoms with Crippen molar-refractivity contribution in [3.63, 3.8) is 0 Å². The summed E-state index contributed by atoms with van der Waals surface area (Å²) in [5.41, 5.74) is -0.410. The lowest BCUT2D eigenvalue weighted by atomic mass is 9.96. The van der Waals surface area contributed by atoms with Crippen molar-refractivity contribution in [2.24, 2.45) is 5.41 Å². The fraction of sp³-hybridized carbons (Fsp3) is 0.846. The SMILES string of the molecule is CCCC(=O)OC(OC(=O)CCC)C(C)(C)C. The molecule has 0 heterocycles. The van der Waals surface area contributed by atoms with Crippen molar-refractivity contribution >= 4 is 11.9 Å². The predicted octanol–water partition coefficient (Wildman–Crippen LogP) is 3.05. The summed E-state index contributed by atoms with van der Waals surface area (Å²) in [7, 11) is 0. The standard InChI is InChI=1S/C13H24O4/c1-6-8-10(14)16-12(13(3,4)5)17-11(15)9-7-2/h12H,6-9H2,1-5H3. The van der Waals surface area contributed by atoms with Crippen LogP contribution >= 0.6 is 0 Å². The highest BCUT2D eigenvalue weighted by atomic mass is 16.7. The first-order valence-corrected chi connectivity index (χ1v) is 6.20. The molecule has 0 aliphatic heterocycles. The van der Waals surface area contributed by atoms with Crippen molar-refractivity contribution < 1.29 is 19.1 Å². The van der Waals surface area contributed by atoms with Crippen LogP contribution in [-0.2, 0) is 19.1 Å². The van der Waals surface area contributed by atoms with Gasteiger partial charge in [0.1, 0.15) is 0 Å². The molecule has 0 amide bonds. The predicted molar refractivity (Wildman–Crippen MR) is 65.2 cm³/mol. The van der Waals surface area contributed by atoms with Gasteiger partial charge in [0.05, 0.1) is 0 Å². The largest absolute Gasteiger partial charge is 0.425 e. The van der Waals surface area contributed by atoms with Gasteiger partial charge in [-0.2, -0.15) is 0 Å². The van der Waals surface area contributed by atoms with Gasteiger partial charge in [-0.3, -0.25) is 9.59 Å². The molecule has 4 nitrogen and oxygen atoms in total. The molecule has 0 aliphatic rings. The third-order valence-electron chi connectivity index (χ3n) is 2.09. The zero-order valence-corrected chi connectivity index (χ0v) is 11.5. The molecule has 4 heteroatoms. The molecule has 0 rings (SSSR count). The van der Waals surface area contributed by atoms with Crippen LogP contribution in [0.3, 0.4) is 0 Å². The summed E-state index contributed by atoms with van der Waals surface area (Å²) in [5, 5.41) is 0. The van der Waals surface area contributed by atoms with Crippen LogP contribution in [0.4, 0.5) is 0 Å². The molecule has 0 radical (unpaired) electrons. The van der Waals surface area contributed by atoms with E-state index < -0.39 is 11.7 Å². The van der Waals surface area contributed by atoms with Crippen molar-refractivity contribution in [2.45, 2.75) is 66.6 Å². The first-order valence-electron chi connectivity index (χ1n) is 6.20. The zero-order valence-electron chi connectivity index (χ0n) is 11.5. The molecule has 0 unspecified atom stereocenters. The Kier molecular flexibility index (Phi) is 6.85. The Morgan fingerprint density at radius 3 is 1.53 bits per heavy atom. The lowest BCUT2D eigenvalue weighted by molar-refractivity contribution is -0.207. The third-order valence-corrected chi connectivity index (χ3v) is 2.09. The maximum absolute atomic E-state index is 11.4. The lowest BCUT2D eigenvalue weighted by Gasteiger charge is -2.29. The molecule has 0 saturated carbocycles. The molecule has 0 aliphatic carbocycles. The van der Waals surface area contributed by atoms with Crippen LogP contribution < -0.4 is 0 Å². The Morgan fingerprint density at radius 2 is 1.29 bits per heavy atom. The Bertz CT molecular complexity index is 233. The minimum Gasteiger partial charge on any atom is -0.425 e. The van der Waals surface area contributed by atoms with Crippen molar-refractivity contribution in [3.05, 3.63) is 0 Å². The number of hydrogen-bond donors (Lipinski definition) is 0.